The van der Waals surface area contributed by atoms with Crippen LogP contribution in [-0.4, -0.2) is 32.2 Å². The Balaban J connectivity index is 0.00000484. The average molecular weight is 345 g/mol. The molecule has 0 aliphatic carbocycles. The van der Waals surface area contributed by atoms with Crippen molar-refractivity contribution in [1.29, 1.82) is 0 Å². The first-order chi connectivity index (χ1) is 10.5. The van der Waals surface area contributed by atoms with Crippen LogP contribution in [0.4, 0.5) is 0 Å². The number of carbonyl (C=O) groups is 1. The van der Waals surface area contributed by atoms with Crippen LogP contribution >= 0.6 is 12.4 Å². The molecule has 3 atom stereocenters. The van der Waals surface area contributed by atoms with E-state index in [-0.39, 0.29) is 30.2 Å². The van der Waals surface area contributed by atoms with Crippen molar-refractivity contribution in [2.45, 2.75) is 33.2 Å². The minimum Gasteiger partial charge on any atom is -0.493 e. The van der Waals surface area contributed by atoms with Crippen molar-refractivity contribution >= 4 is 18.3 Å². The maximum Gasteiger partial charge on any atom is 0.237 e. The molecule has 5 nitrogen and oxygen atoms in total. The first-order valence-corrected chi connectivity index (χ1v) is 7.78. The summed E-state index contributed by atoms with van der Waals surface area (Å²) in [6.45, 7) is 7.07. The van der Waals surface area contributed by atoms with Gasteiger partial charge in [-0.2, -0.15) is 0 Å². The number of nitrogens with one attached hydrogen (secondary N) is 1. The van der Waals surface area contributed by atoms with Gasteiger partial charge in [0.25, 0.3) is 0 Å². The molecular weight excluding hydrogens is 316 g/mol. The minimum atomic E-state index is -0.452. The van der Waals surface area contributed by atoms with Crippen LogP contribution in [0.5, 0.6) is 11.5 Å². The lowest BCUT2D eigenvalue weighted by molar-refractivity contribution is -0.123. The summed E-state index contributed by atoms with van der Waals surface area (Å²) in [7, 11) is 1.61. The van der Waals surface area contributed by atoms with Crippen molar-refractivity contribution in [3.63, 3.8) is 0 Å². The Hall–Kier alpha value is -1.46. The molecule has 23 heavy (non-hydrogen) atoms. The molecule has 1 aromatic rings. The maximum atomic E-state index is 11.9. The average Bonchev–Trinajstić information content (AvgIpc) is 2.56. The van der Waals surface area contributed by atoms with Crippen molar-refractivity contribution in [3.8, 4) is 11.5 Å². The summed E-state index contributed by atoms with van der Waals surface area (Å²) >= 11 is 0. The summed E-state index contributed by atoms with van der Waals surface area (Å²) in [6, 6.07) is 7.06. The Bertz CT molecular complexity index is 471. The van der Waals surface area contributed by atoms with Crippen molar-refractivity contribution in [2.75, 3.05) is 20.3 Å². The number of benzene rings is 1. The van der Waals surface area contributed by atoms with Crippen LogP contribution in [0.15, 0.2) is 24.3 Å². The number of hydrogen-bond acceptors (Lipinski definition) is 4. The SMILES string of the molecule is CCC(C)C(N)C(=O)NCC(C)COc1ccccc1OC.Cl. The summed E-state index contributed by atoms with van der Waals surface area (Å²) in [5, 5.41) is 2.89. The number of halogens is 1. The second kappa shape index (κ2) is 11.1. The topological polar surface area (TPSA) is 73.6 Å². The van der Waals surface area contributed by atoms with Crippen molar-refractivity contribution in [3.05, 3.63) is 24.3 Å². The van der Waals surface area contributed by atoms with E-state index in [1.54, 1.807) is 7.11 Å². The van der Waals surface area contributed by atoms with Crippen molar-refractivity contribution < 1.29 is 14.3 Å². The molecule has 1 rings (SSSR count). The van der Waals surface area contributed by atoms with E-state index in [2.05, 4.69) is 5.32 Å². The second-order valence-electron chi connectivity index (χ2n) is 5.72. The monoisotopic (exact) mass is 344 g/mol. The third-order valence-electron chi connectivity index (χ3n) is 3.78. The van der Waals surface area contributed by atoms with E-state index in [0.29, 0.717) is 24.7 Å². The molecule has 0 spiro atoms. The predicted octanol–water partition coefficient (Wildman–Crippen LogP) is 2.62. The normalized spacial score (nSPS) is 14.1. The lowest BCUT2D eigenvalue weighted by Crippen LogP contribution is -2.46. The number of carbonyl (C=O) groups excluding carboxylic acids is 1. The van der Waals surface area contributed by atoms with E-state index in [4.69, 9.17) is 15.2 Å². The van der Waals surface area contributed by atoms with E-state index in [1.807, 2.05) is 45.0 Å². The fourth-order valence-electron chi connectivity index (χ4n) is 1.93. The zero-order valence-corrected chi connectivity index (χ0v) is 15.2. The quantitative estimate of drug-likeness (QED) is 0.722. The number of para-hydroxylation sites is 2. The predicted molar refractivity (Wildman–Crippen MR) is 95.3 cm³/mol. The highest BCUT2D eigenvalue weighted by molar-refractivity contribution is 5.85. The molecule has 0 aliphatic rings. The number of nitrogens with two attached hydrogens (primary N) is 1. The Morgan fingerprint density at radius 1 is 1.26 bits per heavy atom. The minimum absolute atomic E-state index is 0. The smallest absolute Gasteiger partial charge is 0.237 e. The first kappa shape index (κ1) is 21.5. The van der Waals surface area contributed by atoms with E-state index in [9.17, 15) is 4.79 Å². The number of amides is 1. The standard InChI is InChI=1S/C17H28N2O3.ClH/c1-5-13(3)16(18)17(20)19-10-12(2)11-22-15-9-7-6-8-14(15)21-4;/h6-9,12-13,16H,5,10-11,18H2,1-4H3,(H,19,20);1H. The van der Waals surface area contributed by atoms with Crippen LogP contribution in [0.25, 0.3) is 0 Å². The summed E-state index contributed by atoms with van der Waals surface area (Å²) in [6.07, 6.45) is 0.890. The molecule has 3 unspecified atom stereocenters. The van der Waals surface area contributed by atoms with Crippen molar-refractivity contribution in [2.24, 2.45) is 17.6 Å². The highest BCUT2D eigenvalue weighted by atomic mass is 35.5. The van der Waals surface area contributed by atoms with E-state index >= 15 is 0 Å². The van der Waals surface area contributed by atoms with Crippen LogP contribution in [0.3, 0.4) is 0 Å². The van der Waals surface area contributed by atoms with Crippen LogP contribution in [0.2, 0.25) is 0 Å². The summed E-state index contributed by atoms with van der Waals surface area (Å²) < 4.78 is 11.0. The van der Waals surface area contributed by atoms with Gasteiger partial charge in [-0.3, -0.25) is 4.79 Å². The van der Waals surface area contributed by atoms with Crippen LogP contribution in [0.1, 0.15) is 27.2 Å². The molecule has 0 bridgehead atoms. The zero-order chi connectivity index (χ0) is 16.5. The van der Waals surface area contributed by atoms with Crippen LogP contribution in [0, 0.1) is 11.8 Å². The van der Waals surface area contributed by atoms with Crippen LogP contribution in [-0.2, 0) is 4.79 Å². The Kier molecular flexibility index (Phi) is 10.4. The molecule has 0 fully saturated rings. The summed E-state index contributed by atoms with van der Waals surface area (Å²) in [4.78, 5) is 11.9. The van der Waals surface area contributed by atoms with Gasteiger partial charge in [0.15, 0.2) is 11.5 Å². The van der Waals surface area contributed by atoms with Gasteiger partial charge < -0.3 is 20.5 Å². The van der Waals surface area contributed by atoms with Crippen LogP contribution < -0.4 is 20.5 Å². The van der Waals surface area contributed by atoms with E-state index < -0.39 is 6.04 Å². The maximum absolute atomic E-state index is 11.9. The molecule has 1 amide bonds. The highest BCUT2D eigenvalue weighted by Gasteiger charge is 2.19. The molecule has 132 valence electrons. The molecule has 0 heterocycles. The third kappa shape index (κ3) is 7.10. The fourth-order valence-corrected chi connectivity index (χ4v) is 1.93. The summed E-state index contributed by atoms with van der Waals surface area (Å²) in [5.74, 6) is 1.67. The van der Waals surface area contributed by atoms with Crippen molar-refractivity contribution in [1.82, 2.24) is 5.32 Å². The lowest BCUT2D eigenvalue weighted by atomic mass is 9.99. The molecular formula is C17H29ClN2O3. The number of methoxy groups -OCH3 is 1. The number of rotatable bonds is 9. The molecule has 6 heteroatoms. The fraction of sp³-hybridized carbons (Fsp3) is 0.588. The largest absolute Gasteiger partial charge is 0.493 e. The van der Waals surface area contributed by atoms with Gasteiger partial charge in [-0.1, -0.05) is 39.3 Å². The second-order valence-corrected chi connectivity index (χ2v) is 5.72. The first-order valence-electron chi connectivity index (χ1n) is 7.78. The van der Waals surface area contributed by atoms with Gasteiger partial charge in [0, 0.05) is 12.5 Å². The molecule has 0 saturated heterocycles. The summed E-state index contributed by atoms with van der Waals surface area (Å²) in [5.41, 5.74) is 5.90. The molecule has 0 radical (unpaired) electrons. The number of hydrogen-bond donors (Lipinski definition) is 2. The van der Waals surface area contributed by atoms with Gasteiger partial charge >= 0.3 is 0 Å². The lowest BCUT2D eigenvalue weighted by Gasteiger charge is -2.20. The van der Waals surface area contributed by atoms with Gasteiger partial charge in [0.1, 0.15) is 0 Å². The van der Waals surface area contributed by atoms with E-state index in [1.165, 1.54) is 0 Å². The van der Waals surface area contributed by atoms with Gasteiger partial charge in [-0.05, 0) is 18.1 Å². The number of ether oxygens (including phenoxy) is 2. The van der Waals surface area contributed by atoms with Gasteiger partial charge in [-0.15, -0.1) is 12.4 Å². The van der Waals surface area contributed by atoms with Gasteiger partial charge in [0.2, 0.25) is 5.91 Å². The van der Waals surface area contributed by atoms with Gasteiger partial charge in [-0.25, -0.2) is 0 Å². The highest BCUT2D eigenvalue weighted by Crippen LogP contribution is 2.26. The zero-order valence-electron chi connectivity index (χ0n) is 14.4. The Morgan fingerprint density at radius 2 is 1.87 bits per heavy atom. The Morgan fingerprint density at radius 3 is 2.43 bits per heavy atom. The molecule has 0 aromatic heterocycles. The third-order valence-corrected chi connectivity index (χ3v) is 3.78. The molecule has 0 saturated carbocycles. The van der Waals surface area contributed by atoms with E-state index in [0.717, 1.165) is 6.42 Å². The van der Waals surface area contributed by atoms with Gasteiger partial charge in [0.05, 0.1) is 19.8 Å². The Labute approximate surface area is 145 Å². The molecule has 1 aromatic carbocycles. The molecule has 3 N–H and O–H groups in total. The molecule has 0 aliphatic heterocycles.